The lowest BCUT2D eigenvalue weighted by molar-refractivity contribution is -0.870. The van der Waals surface area contributed by atoms with Crippen LogP contribution in [0.1, 0.15) is 277 Å². The summed E-state index contributed by atoms with van der Waals surface area (Å²) in [6.07, 6.45) is 51.1. The summed E-state index contributed by atoms with van der Waals surface area (Å²) < 4.78 is 23.4. The van der Waals surface area contributed by atoms with Crippen molar-refractivity contribution in [3.63, 3.8) is 0 Å². The maximum atomic E-state index is 12.9. The van der Waals surface area contributed by atoms with Crippen LogP contribution in [0.5, 0.6) is 0 Å². The highest BCUT2D eigenvalue weighted by atomic mass is 31.2. The van der Waals surface area contributed by atoms with Gasteiger partial charge in [-0.05, 0) is 12.8 Å². The van der Waals surface area contributed by atoms with Crippen molar-refractivity contribution in [3.05, 3.63) is 0 Å². The first kappa shape index (κ1) is 60.5. The van der Waals surface area contributed by atoms with Crippen molar-refractivity contribution in [1.82, 2.24) is 5.32 Å². The van der Waals surface area contributed by atoms with Gasteiger partial charge in [0.15, 0.2) is 0 Å². The molecule has 0 aromatic carbocycles. The van der Waals surface area contributed by atoms with E-state index in [-0.39, 0.29) is 19.1 Å². The normalized spacial score (nSPS) is 14.0. The molecule has 0 spiro atoms. The van der Waals surface area contributed by atoms with Crippen LogP contribution in [-0.4, -0.2) is 68.5 Å². The molecule has 9 heteroatoms. The van der Waals surface area contributed by atoms with Crippen LogP contribution < -0.4 is 10.2 Å². The number of rotatable bonds is 50. The molecule has 0 aromatic heterocycles. The van der Waals surface area contributed by atoms with Gasteiger partial charge < -0.3 is 28.8 Å². The lowest BCUT2D eigenvalue weighted by Crippen LogP contribution is -2.46. The monoisotopic (exact) mass is 887 g/mol. The minimum absolute atomic E-state index is 0.0165. The van der Waals surface area contributed by atoms with Gasteiger partial charge in [0, 0.05) is 6.42 Å². The van der Waals surface area contributed by atoms with E-state index in [0.717, 1.165) is 38.5 Å². The van der Waals surface area contributed by atoms with E-state index in [1.165, 1.54) is 212 Å². The summed E-state index contributed by atoms with van der Waals surface area (Å²) in [4.78, 5) is 25.5. The smallest absolute Gasteiger partial charge is 0.268 e. The zero-order valence-electron chi connectivity index (χ0n) is 41.7. The first-order chi connectivity index (χ1) is 29.5. The van der Waals surface area contributed by atoms with Gasteiger partial charge in [-0.2, -0.15) is 0 Å². The average molecular weight is 887 g/mol. The molecule has 2 N–H and O–H groups in total. The van der Waals surface area contributed by atoms with E-state index >= 15 is 0 Å². The fourth-order valence-electron chi connectivity index (χ4n) is 8.34. The van der Waals surface area contributed by atoms with Crippen molar-refractivity contribution in [1.29, 1.82) is 0 Å². The van der Waals surface area contributed by atoms with Crippen LogP contribution in [-0.2, 0) is 18.4 Å². The number of nitrogens with zero attached hydrogens (tertiary/aromatic N) is 1. The largest absolute Gasteiger partial charge is 0.756 e. The number of aliphatic hydroxyl groups excluding tert-OH is 1. The number of quaternary nitrogens is 1. The Balaban J connectivity index is 4.19. The molecule has 1 amide bonds. The summed E-state index contributed by atoms with van der Waals surface area (Å²) in [7, 11) is 1.32. The van der Waals surface area contributed by atoms with E-state index in [1.807, 2.05) is 21.1 Å². The zero-order valence-corrected chi connectivity index (χ0v) is 42.5. The van der Waals surface area contributed by atoms with Crippen LogP contribution in [0.4, 0.5) is 0 Å². The first-order valence-electron chi connectivity index (χ1n) is 26.9. The molecule has 0 bridgehead atoms. The van der Waals surface area contributed by atoms with Crippen molar-refractivity contribution >= 4 is 13.7 Å². The Hall–Kier alpha value is -0.500. The second kappa shape index (κ2) is 44.7. The molecule has 61 heavy (non-hydrogen) atoms. The molecular weight excluding hydrogens is 780 g/mol. The van der Waals surface area contributed by atoms with Gasteiger partial charge in [0.05, 0.1) is 39.9 Å². The number of hydrogen-bond donors (Lipinski definition) is 2. The van der Waals surface area contributed by atoms with E-state index in [4.69, 9.17) is 9.05 Å². The zero-order chi connectivity index (χ0) is 45.0. The van der Waals surface area contributed by atoms with E-state index < -0.39 is 20.0 Å². The highest BCUT2D eigenvalue weighted by Crippen LogP contribution is 2.38. The Labute approximate surface area is 380 Å². The maximum Gasteiger partial charge on any atom is 0.268 e. The molecule has 0 saturated heterocycles. The number of unbranched alkanes of at least 4 members (excludes halogenated alkanes) is 37. The number of phosphoric acid groups is 1. The summed E-state index contributed by atoms with van der Waals surface area (Å²) in [5.41, 5.74) is 0. The lowest BCUT2D eigenvalue weighted by atomic mass is 10.0. The molecule has 3 atom stereocenters. The average Bonchev–Trinajstić information content (AvgIpc) is 3.21. The van der Waals surface area contributed by atoms with Gasteiger partial charge in [-0.3, -0.25) is 9.36 Å². The fraction of sp³-hybridized carbons (Fsp3) is 0.981. The Kier molecular flexibility index (Phi) is 44.3. The van der Waals surface area contributed by atoms with Crippen LogP contribution >= 0.6 is 7.82 Å². The van der Waals surface area contributed by atoms with Crippen LogP contribution in [0.2, 0.25) is 0 Å². The molecule has 0 saturated carbocycles. The van der Waals surface area contributed by atoms with Gasteiger partial charge >= 0.3 is 0 Å². The van der Waals surface area contributed by atoms with Gasteiger partial charge in [0.2, 0.25) is 5.91 Å². The number of aliphatic hydroxyl groups is 1. The summed E-state index contributed by atoms with van der Waals surface area (Å²) >= 11 is 0. The molecule has 0 aliphatic heterocycles. The molecule has 0 rings (SSSR count). The number of phosphoric ester groups is 1. The number of carbonyl (C=O) groups is 1. The summed E-state index contributed by atoms with van der Waals surface area (Å²) in [5, 5.41) is 14.0. The molecule has 0 fully saturated rings. The number of nitrogens with one attached hydrogen (secondary N) is 1. The SMILES string of the molecule is CCCCCCCCCCCCCCCCCCCCCCC(=O)NC(COP(=O)([O-])OCC[N+](C)(C)C)C(O)CCCCCCCCCCCCCCCCCCCCC. The van der Waals surface area contributed by atoms with Crippen molar-refractivity contribution in [2.24, 2.45) is 0 Å². The quantitative estimate of drug-likeness (QED) is 0.0358. The Morgan fingerprint density at radius 1 is 0.508 bits per heavy atom. The second-order valence-electron chi connectivity index (χ2n) is 20.0. The van der Waals surface area contributed by atoms with Crippen molar-refractivity contribution in [2.45, 2.75) is 289 Å². The highest BCUT2D eigenvalue weighted by Gasteiger charge is 2.24. The number of carbonyl (C=O) groups excluding carboxylic acids is 1. The topological polar surface area (TPSA) is 108 Å². The predicted octanol–water partition coefficient (Wildman–Crippen LogP) is 15.1. The number of amides is 1. The standard InChI is InChI=1S/C52H107N2O6P/c1-6-8-10-12-14-16-18-20-22-24-26-28-30-32-34-36-38-40-42-44-46-52(56)53-50(49-60-61(57,58)59-48-47-54(3,4)5)51(55)45-43-41-39-37-35-33-31-29-27-25-23-21-19-17-15-13-11-9-7-2/h50-51,55H,6-49H2,1-5H3,(H-,53,56,57,58). The Bertz CT molecular complexity index is 963. The lowest BCUT2D eigenvalue weighted by Gasteiger charge is -2.30. The Morgan fingerprint density at radius 2 is 0.803 bits per heavy atom. The fourth-order valence-corrected chi connectivity index (χ4v) is 9.06. The van der Waals surface area contributed by atoms with E-state index in [0.29, 0.717) is 23.9 Å². The predicted molar refractivity (Wildman–Crippen MR) is 261 cm³/mol. The molecule has 0 aliphatic rings. The Morgan fingerprint density at radius 3 is 1.11 bits per heavy atom. The molecule has 0 radical (unpaired) electrons. The van der Waals surface area contributed by atoms with Crippen molar-refractivity contribution < 1.29 is 32.9 Å². The van der Waals surface area contributed by atoms with Crippen molar-refractivity contribution in [3.8, 4) is 0 Å². The van der Waals surface area contributed by atoms with E-state index in [9.17, 15) is 19.4 Å². The molecule has 366 valence electrons. The summed E-state index contributed by atoms with van der Waals surface area (Å²) in [6.45, 7) is 4.77. The second-order valence-corrected chi connectivity index (χ2v) is 21.4. The van der Waals surface area contributed by atoms with Gasteiger partial charge in [0.1, 0.15) is 13.2 Å². The minimum Gasteiger partial charge on any atom is -0.756 e. The van der Waals surface area contributed by atoms with Crippen LogP contribution in [0, 0.1) is 0 Å². The van der Waals surface area contributed by atoms with Gasteiger partial charge in [-0.25, -0.2) is 0 Å². The third-order valence-electron chi connectivity index (χ3n) is 12.6. The summed E-state index contributed by atoms with van der Waals surface area (Å²) in [6, 6.07) is -0.794. The third-order valence-corrected chi connectivity index (χ3v) is 13.6. The molecule has 3 unspecified atom stereocenters. The van der Waals surface area contributed by atoms with Crippen LogP contribution in [0.3, 0.4) is 0 Å². The summed E-state index contributed by atoms with van der Waals surface area (Å²) in [5.74, 6) is -0.157. The molecule has 0 aromatic rings. The van der Waals surface area contributed by atoms with E-state index in [2.05, 4.69) is 19.2 Å². The van der Waals surface area contributed by atoms with Crippen LogP contribution in [0.15, 0.2) is 0 Å². The van der Waals surface area contributed by atoms with E-state index in [1.54, 1.807) is 0 Å². The minimum atomic E-state index is -4.56. The first-order valence-corrected chi connectivity index (χ1v) is 28.3. The maximum absolute atomic E-state index is 12.9. The molecule has 0 aliphatic carbocycles. The van der Waals surface area contributed by atoms with Gasteiger partial charge in [0.25, 0.3) is 7.82 Å². The van der Waals surface area contributed by atoms with Crippen LogP contribution in [0.25, 0.3) is 0 Å². The highest BCUT2D eigenvalue weighted by molar-refractivity contribution is 7.45. The van der Waals surface area contributed by atoms with Gasteiger partial charge in [-0.1, -0.05) is 258 Å². The molecule has 8 nitrogen and oxygen atoms in total. The van der Waals surface area contributed by atoms with Gasteiger partial charge in [-0.15, -0.1) is 0 Å². The number of hydrogen-bond acceptors (Lipinski definition) is 6. The molecule has 0 heterocycles. The van der Waals surface area contributed by atoms with Crippen molar-refractivity contribution in [2.75, 3.05) is 40.9 Å². The number of likely N-dealkylation sites (N-methyl/N-ethyl adjacent to an activating group) is 1. The third kappa shape index (κ3) is 47.3. The molecular formula is C52H107N2O6P.